The van der Waals surface area contributed by atoms with Crippen molar-refractivity contribution in [3.05, 3.63) is 88.6 Å². The SMILES string of the molecule is CC(C)(O)c1nn(-c2ccc(-c3cn[nH]c3)cc2)c(=O)n1Cc1cccc(F)c1. The summed E-state index contributed by atoms with van der Waals surface area (Å²) in [6, 6.07) is 13.3. The van der Waals surface area contributed by atoms with Crippen LogP contribution in [0.3, 0.4) is 0 Å². The molecule has 29 heavy (non-hydrogen) atoms. The number of aliphatic hydroxyl groups is 1. The van der Waals surface area contributed by atoms with Crippen LogP contribution in [0.4, 0.5) is 4.39 Å². The lowest BCUT2D eigenvalue weighted by molar-refractivity contribution is 0.0643. The van der Waals surface area contributed by atoms with Gasteiger partial charge in [0.25, 0.3) is 0 Å². The Kier molecular flexibility index (Phi) is 4.63. The Hall–Kier alpha value is -3.52. The first-order chi connectivity index (χ1) is 13.8. The quantitative estimate of drug-likeness (QED) is 0.546. The predicted octanol–water partition coefficient (Wildman–Crippen LogP) is 2.84. The molecule has 0 fully saturated rings. The maximum Gasteiger partial charge on any atom is 0.351 e. The van der Waals surface area contributed by atoms with Gasteiger partial charge in [0.05, 0.1) is 18.4 Å². The maximum absolute atomic E-state index is 13.6. The highest BCUT2D eigenvalue weighted by Gasteiger charge is 2.27. The number of hydrogen-bond donors (Lipinski definition) is 2. The van der Waals surface area contributed by atoms with Gasteiger partial charge >= 0.3 is 5.69 Å². The lowest BCUT2D eigenvalue weighted by atomic mass is 10.1. The van der Waals surface area contributed by atoms with Gasteiger partial charge < -0.3 is 5.11 Å². The van der Waals surface area contributed by atoms with Gasteiger partial charge in [-0.15, -0.1) is 5.10 Å². The molecule has 0 aliphatic rings. The summed E-state index contributed by atoms with van der Waals surface area (Å²) < 4.78 is 16.2. The third-order valence-electron chi connectivity index (χ3n) is 4.58. The largest absolute Gasteiger partial charge is 0.382 e. The zero-order chi connectivity index (χ0) is 20.6. The van der Waals surface area contributed by atoms with Crippen LogP contribution >= 0.6 is 0 Å². The van der Waals surface area contributed by atoms with Gasteiger partial charge in [-0.2, -0.15) is 9.78 Å². The average Bonchev–Trinajstić information content (AvgIpc) is 3.31. The summed E-state index contributed by atoms with van der Waals surface area (Å²) >= 11 is 0. The molecule has 2 aromatic carbocycles. The molecule has 0 spiro atoms. The minimum absolute atomic E-state index is 0.100. The summed E-state index contributed by atoms with van der Waals surface area (Å²) in [5.41, 5.74) is 1.27. The van der Waals surface area contributed by atoms with E-state index in [-0.39, 0.29) is 18.2 Å². The Balaban J connectivity index is 1.77. The Morgan fingerprint density at radius 1 is 1.14 bits per heavy atom. The number of aromatic amines is 1. The van der Waals surface area contributed by atoms with Crippen molar-refractivity contribution >= 4 is 0 Å². The van der Waals surface area contributed by atoms with E-state index in [1.165, 1.54) is 21.4 Å². The number of nitrogens with one attached hydrogen (secondary N) is 1. The molecular formula is C21H20FN5O2. The molecule has 2 N–H and O–H groups in total. The van der Waals surface area contributed by atoms with Gasteiger partial charge in [-0.1, -0.05) is 24.3 Å². The topological polar surface area (TPSA) is 88.7 Å². The summed E-state index contributed by atoms with van der Waals surface area (Å²) in [6.07, 6.45) is 3.49. The molecule has 0 saturated heterocycles. The van der Waals surface area contributed by atoms with Gasteiger partial charge in [0, 0.05) is 11.8 Å². The molecule has 0 radical (unpaired) electrons. The fraction of sp³-hybridized carbons (Fsp3) is 0.190. The van der Waals surface area contributed by atoms with Gasteiger partial charge in [-0.25, -0.2) is 9.18 Å². The van der Waals surface area contributed by atoms with E-state index >= 15 is 0 Å². The second-order valence-corrected chi connectivity index (χ2v) is 7.33. The van der Waals surface area contributed by atoms with Gasteiger partial charge in [-0.05, 0) is 49.2 Å². The molecule has 0 bridgehead atoms. The number of nitrogens with zero attached hydrogens (tertiary/aromatic N) is 4. The highest BCUT2D eigenvalue weighted by Crippen LogP contribution is 2.21. The molecule has 0 saturated carbocycles. The Labute approximate surface area is 166 Å². The Bertz CT molecular complexity index is 1190. The monoisotopic (exact) mass is 393 g/mol. The number of H-pyrrole nitrogens is 1. The Morgan fingerprint density at radius 3 is 2.52 bits per heavy atom. The maximum atomic E-state index is 13.6. The highest BCUT2D eigenvalue weighted by molar-refractivity contribution is 5.62. The van der Waals surface area contributed by atoms with E-state index < -0.39 is 11.3 Å². The molecule has 2 aromatic heterocycles. The van der Waals surface area contributed by atoms with Crippen LogP contribution < -0.4 is 5.69 Å². The molecule has 7 nitrogen and oxygen atoms in total. The van der Waals surface area contributed by atoms with Crippen LogP contribution in [0.15, 0.2) is 65.7 Å². The zero-order valence-electron chi connectivity index (χ0n) is 16.0. The molecular weight excluding hydrogens is 373 g/mol. The minimum atomic E-state index is -1.35. The van der Waals surface area contributed by atoms with Crippen molar-refractivity contribution in [2.75, 3.05) is 0 Å². The highest BCUT2D eigenvalue weighted by atomic mass is 19.1. The standard InChI is InChI=1S/C21H20FN5O2/c1-21(2,29)19-25-27(18-8-6-15(7-9-18)16-11-23-24-12-16)20(28)26(19)13-14-4-3-5-17(22)10-14/h3-12,29H,13H2,1-2H3,(H,23,24). The normalized spacial score (nSPS) is 11.7. The van der Waals surface area contributed by atoms with E-state index in [2.05, 4.69) is 15.3 Å². The molecule has 0 aliphatic carbocycles. The van der Waals surface area contributed by atoms with Crippen LogP contribution in [-0.4, -0.2) is 29.7 Å². The van der Waals surface area contributed by atoms with Crippen molar-refractivity contribution in [2.45, 2.75) is 26.0 Å². The third kappa shape index (κ3) is 3.74. The summed E-state index contributed by atoms with van der Waals surface area (Å²) in [6.45, 7) is 3.22. The molecule has 148 valence electrons. The number of hydrogen-bond acceptors (Lipinski definition) is 4. The lowest BCUT2D eigenvalue weighted by Gasteiger charge is -2.17. The number of benzene rings is 2. The smallest absolute Gasteiger partial charge is 0.351 e. The van der Waals surface area contributed by atoms with Gasteiger partial charge in [0.2, 0.25) is 0 Å². The lowest BCUT2D eigenvalue weighted by Crippen LogP contribution is -2.28. The summed E-state index contributed by atoms with van der Waals surface area (Å²) in [5, 5.41) is 21.6. The molecule has 0 amide bonds. The van der Waals surface area contributed by atoms with Crippen LogP contribution in [0.25, 0.3) is 16.8 Å². The summed E-state index contributed by atoms with van der Waals surface area (Å²) in [5.74, 6) is -0.187. The fourth-order valence-electron chi connectivity index (χ4n) is 3.18. The van der Waals surface area contributed by atoms with Crippen molar-refractivity contribution in [3.63, 3.8) is 0 Å². The van der Waals surface area contributed by atoms with E-state index in [9.17, 15) is 14.3 Å². The average molecular weight is 393 g/mol. The number of halogens is 1. The first-order valence-corrected chi connectivity index (χ1v) is 9.10. The fourth-order valence-corrected chi connectivity index (χ4v) is 3.18. The number of aromatic nitrogens is 5. The first kappa shape index (κ1) is 18.8. The summed E-state index contributed by atoms with van der Waals surface area (Å²) in [4.78, 5) is 13.1. The second kappa shape index (κ2) is 7.14. The van der Waals surface area contributed by atoms with Crippen molar-refractivity contribution in [3.8, 4) is 16.8 Å². The zero-order valence-corrected chi connectivity index (χ0v) is 16.0. The van der Waals surface area contributed by atoms with E-state index in [1.807, 2.05) is 12.1 Å². The molecule has 4 rings (SSSR count). The second-order valence-electron chi connectivity index (χ2n) is 7.33. The summed E-state index contributed by atoms with van der Waals surface area (Å²) in [7, 11) is 0. The molecule has 0 unspecified atom stereocenters. The molecule has 0 atom stereocenters. The van der Waals surface area contributed by atoms with Crippen LogP contribution in [0, 0.1) is 5.82 Å². The van der Waals surface area contributed by atoms with Crippen molar-refractivity contribution in [2.24, 2.45) is 0 Å². The predicted molar refractivity (Wildman–Crippen MR) is 106 cm³/mol. The first-order valence-electron chi connectivity index (χ1n) is 9.10. The van der Waals surface area contributed by atoms with Crippen LogP contribution in [0.2, 0.25) is 0 Å². The van der Waals surface area contributed by atoms with Crippen molar-refractivity contribution in [1.82, 2.24) is 24.5 Å². The Morgan fingerprint density at radius 2 is 1.90 bits per heavy atom. The van der Waals surface area contributed by atoms with Crippen LogP contribution in [-0.2, 0) is 12.1 Å². The van der Waals surface area contributed by atoms with Crippen molar-refractivity contribution in [1.29, 1.82) is 0 Å². The van der Waals surface area contributed by atoms with E-state index in [4.69, 9.17) is 0 Å². The van der Waals surface area contributed by atoms with Crippen LogP contribution in [0.1, 0.15) is 25.2 Å². The van der Waals surface area contributed by atoms with E-state index in [0.29, 0.717) is 11.3 Å². The van der Waals surface area contributed by atoms with Crippen LogP contribution in [0.5, 0.6) is 0 Å². The van der Waals surface area contributed by atoms with E-state index in [0.717, 1.165) is 11.1 Å². The van der Waals surface area contributed by atoms with Gasteiger partial charge in [-0.3, -0.25) is 9.67 Å². The number of rotatable bonds is 5. The minimum Gasteiger partial charge on any atom is -0.382 e. The van der Waals surface area contributed by atoms with Crippen molar-refractivity contribution < 1.29 is 9.50 Å². The molecule has 0 aliphatic heterocycles. The van der Waals surface area contributed by atoms with E-state index in [1.54, 1.807) is 50.5 Å². The molecule has 8 heteroatoms. The molecule has 2 heterocycles. The van der Waals surface area contributed by atoms with Gasteiger partial charge in [0.15, 0.2) is 5.82 Å². The molecule has 4 aromatic rings. The third-order valence-corrected chi connectivity index (χ3v) is 4.58. The van der Waals surface area contributed by atoms with Gasteiger partial charge in [0.1, 0.15) is 11.4 Å².